The maximum Gasteiger partial charge on any atom is 0.0325 e. The second kappa shape index (κ2) is 6.88. The van der Waals surface area contributed by atoms with Crippen LogP contribution >= 0.6 is 39.9 Å². The van der Waals surface area contributed by atoms with E-state index in [4.69, 9.17) is 0 Å². The highest BCUT2D eigenvalue weighted by molar-refractivity contribution is 9.10. The van der Waals surface area contributed by atoms with Crippen LogP contribution in [0.2, 0.25) is 0 Å². The first-order chi connectivity index (χ1) is 6.72. The predicted octanol–water partition coefficient (Wildman–Crippen LogP) is 3.65. The van der Waals surface area contributed by atoms with Crippen LogP contribution in [-0.2, 0) is 6.54 Å². The molecule has 1 aromatic heterocycles. The van der Waals surface area contributed by atoms with Crippen LogP contribution in [0.3, 0.4) is 0 Å². The molecule has 0 aliphatic heterocycles. The molecule has 14 heavy (non-hydrogen) atoms. The van der Waals surface area contributed by atoms with Crippen LogP contribution in [0.15, 0.2) is 15.9 Å². The lowest BCUT2D eigenvalue weighted by molar-refractivity contribution is 0.324. The summed E-state index contributed by atoms with van der Waals surface area (Å²) in [7, 11) is 2.17. The van der Waals surface area contributed by atoms with E-state index >= 15 is 0 Å². The molecule has 0 bridgehead atoms. The van der Waals surface area contributed by atoms with Crippen LogP contribution in [0.1, 0.15) is 17.7 Å². The first-order valence-corrected chi connectivity index (χ1v) is 7.05. The third-order valence-corrected chi connectivity index (χ3v) is 3.99. The van der Waals surface area contributed by atoms with Gasteiger partial charge in [0, 0.05) is 21.3 Å². The van der Waals surface area contributed by atoms with Gasteiger partial charge in [0.2, 0.25) is 0 Å². The van der Waals surface area contributed by atoms with Crippen molar-refractivity contribution < 1.29 is 0 Å². The highest BCUT2D eigenvalue weighted by Crippen LogP contribution is 2.20. The highest BCUT2D eigenvalue weighted by Gasteiger charge is 2.02. The fraction of sp³-hybridized carbons (Fsp3) is 0.600. The molecule has 0 aliphatic carbocycles. The number of halogens is 1. The van der Waals surface area contributed by atoms with Gasteiger partial charge >= 0.3 is 0 Å². The van der Waals surface area contributed by atoms with Crippen LogP contribution in [0.5, 0.6) is 0 Å². The van der Waals surface area contributed by atoms with Crippen molar-refractivity contribution in [2.75, 3.05) is 19.3 Å². The zero-order valence-electron chi connectivity index (χ0n) is 8.37. The van der Waals surface area contributed by atoms with E-state index in [-0.39, 0.29) is 0 Å². The average Bonchev–Trinajstić information content (AvgIpc) is 2.52. The van der Waals surface area contributed by atoms with Crippen LogP contribution in [0, 0.1) is 0 Å². The maximum atomic E-state index is 4.20. The van der Waals surface area contributed by atoms with Crippen molar-refractivity contribution in [1.29, 1.82) is 0 Å². The molecule has 0 saturated carbocycles. The van der Waals surface area contributed by atoms with Crippen molar-refractivity contribution in [3.05, 3.63) is 20.8 Å². The molecule has 1 rings (SSSR count). The largest absolute Gasteiger partial charge is 0.301 e. The second-order valence-electron chi connectivity index (χ2n) is 3.40. The summed E-state index contributed by atoms with van der Waals surface area (Å²) in [5, 5.41) is 2.14. The predicted molar refractivity (Wildman–Crippen MR) is 71.4 cm³/mol. The van der Waals surface area contributed by atoms with Crippen molar-refractivity contribution in [3.63, 3.8) is 0 Å². The normalized spacial score (nSPS) is 11.1. The minimum atomic E-state index is 0.998. The first-order valence-electron chi connectivity index (χ1n) is 4.74. The average molecular weight is 294 g/mol. The van der Waals surface area contributed by atoms with Gasteiger partial charge in [0.1, 0.15) is 0 Å². The Bertz CT molecular complexity index is 262. The van der Waals surface area contributed by atoms with Gasteiger partial charge in [0.25, 0.3) is 0 Å². The summed E-state index contributed by atoms with van der Waals surface area (Å²) in [5.41, 5.74) is 0. The Hall–Kier alpha value is 0.490. The number of rotatable bonds is 6. The monoisotopic (exact) mass is 293 g/mol. The van der Waals surface area contributed by atoms with E-state index in [0.29, 0.717) is 0 Å². The van der Waals surface area contributed by atoms with Gasteiger partial charge in [0.05, 0.1) is 0 Å². The Morgan fingerprint density at radius 2 is 2.29 bits per heavy atom. The van der Waals surface area contributed by atoms with Crippen LogP contribution in [0.25, 0.3) is 0 Å². The molecule has 0 aliphatic rings. The number of hydrogen-bond donors (Lipinski definition) is 1. The minimum Gasteiger partial charge on any atom is -0.301 e. The van der Waals surface area contributed by atoms with E-state index in [1.165, 1.54) is 22.2 Å². The van der Waals surface area contributed by atoms with Gasteiger partial charge in [-0.3, -0.25) is 0 Å². The van der Waals surface area contributed by atoms with Gasteiger partial charge in [-0.1, -0.05) is 0 Å². The first kappa shape index (κ1) is 12.6. The molecule has 0 saturated heterocycles. The second-order valence-corrected chi connectivity index (χ2v) is 5.76. The van der Waals surface area contributed by atoms with Gasteiger partial charge < -0.3 is 4.90 Å². The Balaban J connectivity index is 2.23. The van der Waals surface area contributed by atoms with Gasteiger partial charge in [-0.2, -0.15) is 12.6 Å². The zero-order valence-corrected chi connectivity index (χ0v) is 11.7. The summed E-state index contributed by atoms with van der Waals surface area (Å²) in [5.74, 6) is 0.998. The van der Waals surface area contributed by atoms with Gasteiger partial charge in [0.15, 0.2) is 0 Å². The number of unbranched alkanes of at least 4 members (excludes halogenated alkanes) is 1. The molecule has 0 unspecified atom stereocenters. The quantitative estimate of drug-likeness (QED) is 0.619. The highest BCUT2D eigenvalue weighted by atomic mass is 79.9. The standard InChI is InChI=1S/C10H16BrNS2/c1-12(4-2-3-5-13)7-10-6-9(11)8-14-10/h6,8,13H,2-5,7H2,1H3. The summed E-state index contributed by atoms with van der Waals surface area (Å²) in [4.78, 5) is 3.78. The lowest BCUT2D eigenvalue weighted by atomic mass is 10.3. The molecular formula is C10H16BrNS2. The Morgan fingerprint density at radius 1 is 1.50 bits per heavy atom. The van der Waals surface area contributed by atoms with E-state index in [2.05, 4.69) is 52.0 Å². The molecule has 0 atom stereocenters. The topological polar surface area (TPSA) is 3.24 Å². The summed E-state index contributed by atoms with van der Waals surface area (Å²) in [6, 6.07) is 2.19. The molecule has 0 N–H and O–H groups in total. The molecular weight excluding hydrogens is 278 g/mol. The molecule has 0 amide bonds. The number of hydrogen-bond acceptors (Lipinski definition) is 3. The molecule has 80 valence electrons. The summed E-state index contributed by atoms with van der Waals surface area (Å²) in [6.45, 7) is 2.22. The fourth-order valence-corrected chi connectivity index (χ4v) is 3.03. The number of thiophene rings is 1. The lowest BCUT2D eigenvalue weighted by Gasteiger charge is -2.14. The van der Waals surface area contributed by atoms with Crippen molar-refractivity contribution >= 4 is 39.9 Å². The molecule has 0 spiro atoms. The molecule has 1 heterocycles. The van der Waals surface area contributed by atoms with E-state index in [9.17, 15) is 0 Å². The molecule has 0 fully saturated rings. The smallest absolute Gasteiger partial charge is 0.0325 e. The fourth-order valence-electron chi connectivity index (χ4n) is 1.28. The SMILES string of the molecule is CN(CCCCS)Cc1cc(Br)cs1. The van der Waals surface area contributed by atoms with Gasteiger partial charge in [-0.05, 0) is 54.2 Å². The lowest BCUT2D eigenvalue weighted by Crippen LogP contribution is -2.18. The minimum absolute atomic E-state index is 0.998. The third kappa shape index (κ3) is 4.82. The summed E-state index contributed by atoms with van der Waals surface area (Å²) < 4.78 is 1.20. The Morgan fingerprint density at radius 3 is 2.86 bits per heavy atom. The van der Waals surface area contributed by atoms with Crippen molar-refractivity contribution in [2.45, 2.75) is 19.4 Å². The molecule has 0 radical (unpaired) electrons. The van der Waals surface area contributed by atoms with Crippen molar-refractivity contribution in [3.8, 4) is 0 Å². The summed E-state index contributed by atoms with van der Waals surface area (Å²) >= 11 is 9.48. The van der Waals surface area contributed by atoms with Crippen LogP contribution in [0.4, 0.5) is 0 Å². The zero-order chi connectivity index (χ0) is 10.4. The number of nitrogens with zero attached hydrogens (tertiary/aromatic N) is 1. The Labute approximate surface area is 104 Å². The Kier molecular flexibility index (Phi) is 6.17. The summed E-state index contributed by atoms with van der Waals surface area (Å²) in [6.07, 6.45) is 2.45. The van der Waals surface area contributed by atoms with Gasteiger partial charge in [-0.25, -0.2) is 0 Å². The maximum absolute atomic E-state index is 4.20. The van der Waals surface area contributed by atoms with Crippen molar-refractivity contribution in [2.24, 2.45) is 0 Å². The van der Waals surface area contributed by atoms with Crippen LogP contribution < -0.4 is 0 Å². The molecule has 4 heteroatoms. The van der Waals surface area contributed by atoms with E-state index in [1.54, 1.807) is 0 Å². The third-order valence-electron chi connectivity index (χ3n) is 2.00. The van der Waals surface area contributed by atoms with E-state index < -0.39 is 0 Å². The molecule has 0 aromatic carbocycles. The molecule has 1 aromatic rings. The van der Waals surface area contributed by atoms with E-state index in [0.717, 1.165) is 18.8 Å². The van der Waals surface area contributed by atoms with Crippen LogP contribution in [-0.4, -0.2) is 24.2 Å². The number of thiol groups is 1. The molecule has 1 nitrogen and oxygen atoms in total. The van der Waals surface area contributed by atoms with Crippen molar-refractivity contribution in [1.82, 2.24) is 4.90 Å². The van der Waals surface area contributed by atoms with Gasteiger partial charge in [-0.15, -0.1) is 11.3 Å². The van der Waals surface area contributed by atoms with E-state index in [1.807, 2.05) is 11.3 Å².